The van der Waals surface area contributed by atoms with Crippen molar-refractivity contribution in [3.05, 3.63) is 57.9 Å². The number of benzene rings is 2. The van der Waals surface area contributed by atoms with Gasteiger partial charge in [-0.15, -0.1) is 11.3 Å². The van der Waals surface area contributed by atoms with Crippen molar-refractivity contribution in [2.75, 3.05) is 43.9 Å². The number of thiophene rings is 1. The van der Waals surface area contributed by atoms with E-state index in [1.807, 2.05) is 4.90 Å². The number of anilines is 2. The van der Waals surface area contributed by atoms with Gasteiger partial charge in [-0.05, 0) is 37.1 Å². The number of aromatic nitrogens is 4. The molecule has 3 N–H and O–H groups in total. The maximum atomic E-state index is 17.2. The van der Waals surface area contributed by atoms with Crippen LogP contribution < -0.4 is 20.7 Å². The first-order chi connectivity index (χ1) is 26.5. The average Bonchev–Trinajstić information content (AvgIpc) is 3.89. The molecule has 0 bridgehead atoms. The second-order valence-corrected chi connectivity index (χ2v) is 14.9. The van der Waals surface area contributed by atoms with Crippen molar-refractivity contribution < 1.29 is 49.0 Å². The van der Waals surface area contributed by atoms with E-state index in [-0.39, 0.29) is 53.3 Å². The number of rotatable bonds is 6. The van der Waals surface area contributed by atoms with Gasteiger partial charge < -0.3 is 20.7 Å². The van der Waals surface area contributed by atoms with Crippen LogP contribution in [0.1, 0.15) is 52.1 Å². The van der Waals surface area contributed by atoms with Gasteiger partial charge in [-0.1, -0.05) is 6.07 Å². The summed E-state index contributed by atoms with van der Waals surface area (Å²) in [5.74, 6) is -4.04. The van der Waals surface area contributed by atoms with E-state index < -0.39 is 105 Å². The number of fused-ring (bicyclic) bond motifs is 4. The van der Waals surface area contributed by atoms with Gasteiger partial charge >= 0.3 is 18.4 Å². The molecule has 294 valence electrons. The molecule has 6 heterocycles. The highest BCUT2D eigenvalue weighted by molar-refractivity contribution is 7.23. The number of nitrogen functional groups attached to an aromatic ring is 1. The van der Waals surface area contributed by atoms with E-state index in [0.29, 0.717) is 30.4 Å². The molecule has 5 aromatic rings. The number of nitriles is 1. The van der Waals surface area contributed by atoms with Crippen LogP contribution in [0.25, 0.3) is 32.1 Å². The van der Waals surface area contributed by atoms with Crippen LogP contribution in [0.5, 0.6) is 6.01 Å². The number of nitrogens with one attached hydrogen (secondary N) is 1. The largest absolute Gasteiger partial charge is 0.461 e. The lowest BCUT2D eigenvalue weighted by Crippen LogP contribution is -2.43. The van der Waals surface area contributed by atoms with Crippen molar-refractivity contribution in [2.24, 2.45) is 0 Å². The molecule has 11 nitrogen and oxygen atoms in total. The lowest BCUT2D eigenvalue weighted by atomic mass is 9.92. The van der Waals surface area contributed by atoms with Crippen LogP contribution in [0.4, 0.5) is 50.3 Å². The summed E-state index contributed by atoms with van der Waals surface area (Å²) in [6, 6.07) is 3.44. The highest BCUT2D eigenvalue weighted by atomic mass is 32.1. The normalized spacial score (nSPS) is 20.1. The van der Waals surface area contributed by atoms with Gasteiger partial charge in [0.2, 0.25) is 0 Å². The van der Waals surface area contributed by atoms with Crippen LogP contribution in [0.2, 0.25) is 0 Å². The highest BCUT2D eigenvalue weighted by Crippen LogP contribution is 2.49. The Hall–Kier alpha value is -5.36. The number of hydrogen-bond acceptors (Lipinski definition) is 10. The fraction of sp³-hybridized carbons (Fsp3) is 0.400. The lowest BCUT2D eigenvalue weighted by Gasteiger charge is -2.32. The van der Waals surface area contributed by atoms with E-state index in [0.717, 1.165) is 30.3 Å². The predicted molar refractivity (Wildman–Crippen MR) is 185 cm³/mol. The van der Waals surface area contributed by atoms with Gasteiger partial charge in [0.05, 0.1) is 40.1 Å². The smallest absolute Gasteiger partial charge is 0.420 e. The van der Waals surface area contributed by atoms with Crippen molar-refractivity contribution in [1.29, 1.82) is 5.26 Å². The summed E-state index contributed by atoms with van der Waals surface area (Å²) in [6.45, 7) is -0.646. The zero-order valence-electron chi connectivity index (χ0n) is 29.0. The number of alkyl halides is 7. The quantitative estimate of drug-likeness (QED) is 0.177. The minimum Gasteiger partial charge on any atom is -0.461 e. The number of hydrogen-bond donors (Lipinski definition) is 2. The van der Waals surface area contributed by atoms with Crippen LogP contribution in [0.3, 0.4) is 0 Å². The van der Waals surface area contributed by atoms with E-state index in [1.54, 1.807) is 6.07 Å². The highest BCUT2D eigenvalue weighted by Gasteiger charge is 2.50. The van der Waals surface area contributed by atoms with Gasteiger partial charge in [0.15, 0.2) is 11.5 Å². The fourth-order valence-corrected chi connectivity index (χ4v) is 9.16. The minimum atomic E-state index is -5.30. The zero-order valence-corrected chi connectivity index (χ0v) is 29.8. The summed E-state index contributed by atoms with van der Waals surface area (Å²) in [5, 5.41) is 14.7. The zero-order chi connectivity index (χ0) is 40.1. The second-order valence-electron chi connectivity index (χ2n) is 13.8. The van der Waals surface area contributed by atoms with Gasteiger partial charge in [0.1, 0.15) is 46.6 Å². The van der Waals surface area contributed by atoms with E-state index in [9.17, 15) is 32.0 Å². The number of carbonyl (C=O) groups is 1. The van der Waals surface area contributed by atoms with Crippen molar-refractivity contribution in [3.8, 4) is 23.2 Å². The van der Waals surface area contributed by atoms with Gasteiger partial charge in [-0.2, -0.15) is 46.7 Å². The number of nitrogens with two attached hydrogens (primary N) is 1. The Morgan fingerprint density at radius 2 is 1.91 bits per heavy atom. The summed E-state index contributed by atoms with van der Waals surface area (Å²) >= 11 is 0.594. The minimum absolute atomic E-state index is 0.108. The predicted octanol–water partition coefficient (Wildman–Crippen LogP) is 6.81. The first-order valence-corrected chi connectivity index (χ1v) is 18.0. The van der Waals surface area contributed by atoms with Crippen LogP contribution in [0, 0.1) is 23.0 Å². The maximum Gasteiger partial charge on any atom is 0.420 e. The van der Waals surface area contributed by atoms with Gasteiger partial charge in [-0.25, -0.2) is 13.2 Å². The second kappa shape index (κ2) is 13.1. The van der Waals surface area contributed by atoms with E-state index in [4.69, 9.17) is 10.5 Å². The molecule has 2 saturated heterocycles. The Balaban J connectivity index is 1.35. The van der Waals surface area contributed by atoms with Crippen molar-refractivity contribution in [2.45, 2.75) is 56.4 Å². The molecule has 1 amide bonds. The molecule has 0 spiro atoms. The number of nitrogens with zero attached hydrogens (tertiary/aromatic N) is 7. The number of ether oxygens (including phenoxy) is 1. The summed E-state index contributed by atoms with van der Waals surface area (Å²) in [5.41, 5.74) is -1.93. The Morgan fingerprint density at radius 1 is 1.14 bits per heavy atom. The van der Waals surface area contributed by atoms with E-state index >= 15 is 17.6 Å². The molecule has 2 fully saturated rings. The SMILES string of the molecule is CNC(=O)c1nn2c(c1C(F)(F)F)CN(c1nc(OCC34CCCN3CC(F)C4)nc3c(F)c(-c4ccc(F)c5sc(N)c(C#N)c45)c(C(F)(F)F)cc13)CC2. The molecule has 3 aliphatic rings. The van der Waals surface area contributed by atoms with Crippen molar-refractivity contribution in [1.82, 2.24) is 30.0 Å². The van der Waals surface area contributed by atoms with Gasteiger partial charge in [0.25, 0.3) is 5.91 Å². The van der Waals surface area contributed by atoms with Gasteiger partial charge in [0, 0.05) is 42.9 Å². The third-order valence-corrected chi connectivity index (χ3v) is 11.7. The van der Waals surface area contributed by atoms with Crippen molar-refractivity contribution in [3.63, 3.8) is 0 Å². The van der Waals surface area contributed by atoms with E-state index in [2.05, 4.69) is 20.4 Å². The first-order valence-electron chi connectivity index (χ1n) is 17.1. The molecule has 0 saturated carbocycles. The number of carbonyl (C=O) groups excluding carboxylic acids is 1. The maximum absolute atomic E-state index is 17.2. The molecule has 2 unspecified atom stereocenters. The average molecular weight is 810 g/mol. The molecule has 8 rings (SSSR count). The first kappa shape index (κ1) is 37.6. The number of halogens is 9. The molecule has 56 heavy (non-hydrogen) atoms. The monoisotopic (exact) mass is 809 g/mol. The van der Waals surface area contributed by atoms with E-state index in [1.165, 1.54) is 4.90 Å². The Labute approximate surface area is 314 Å². The van der Waals surface area contributed by atoms with Crippen LogP contribution >= 0.6 is 11.3 Å². The Bertz CT molecular complexity index is 2490. The summed E-state index contributed by atoms with van der Waals surface area (Å²) in [6.07, 6.45) is -10.2. The molecular formula is C35H28F9N9O2S. The fourth-order valence-electron chi connectivity index (χ4n) is 8.21. The molecule has 21 heteroatoms. The Kier molecular flexibility index (Phi) is 8.79. The molecule has 3 aliphatic heterocycles. The molecule has 3 aromatic heterocycles. The van der Waals surface area contributed by atoms with Crippen LogP contribution in [-0.4, -0.2) is 75.6 Å². The Morgan fingerprint density at radius 3 is 2.61 bits per heavy atom. The topological polar surface area (TPSA) is 138 Å². The standard InChI is InChI=1S/C35H28F9N9O2S/c1-47-31(54)27-24(35(42,43)44)21-13-51(7-8-53(21)50-27)30-17-9-19(34(39,40)41)23(16-3-4-20(37)28-22(16)18(11-45)29(46)56-28)25(38)26(17)48-32(49-30)55-14-33-5-2-6-52(33)12-15(36)10-33/h3-4,9,15H,2,5-8,10,12-14,46H2,1H3,(H,47,54). The van der Waals surface area contributed by atoms with Crippen molar-refractivity contribution >= 4 is 49.1 Å². The lowest BCUT2D eigenvalue weighted by molar-refractivity contribution is -0.139. The molecule has 2 aromatic carbocycles. The van der Waals surface area contributed by atoms with Crippen LogP contribution in [0.15, 0.2) is 18.2 Å². The summed E-state index contributed by atoms with van der Waals surface area (Å²) in [4.78, 5) is 24.1. The molecule has 0 aliphatic carbocycles. The van der Waals surface area contributed by atoms with Crippen LogP contribution in [-0.2, 0) is 25.4 Å². The third-order valence-electron chi connectivity index (χ3n) is 10.6. The molecule has 2 atom stereocenters. The third kappa shape index (κ3) is 5.91. The van der Waals surface area contributed by atoms with Gasteiger partial charge in [-0.3, -0.25) is 14.4 Å². The molecular weight excluding hydrogens is 781 g/mol. The summed E-state index contributed by atoms with van der Waals surface area (Å²) in [7, 11) is 1.12. The molecule has 0 radical (unpaired) electrons. The number of amides is 1. The summed E-state index contributed by atoms with van der Waals surface area (Å²) < 4.78 is 142.